The third-order valence-electron chi connectivity index (χ3n) is 4.32. The van der Waals surface area contributed by atoms with Crippen molar-refractivity contribution < 1.29 is 28.9 Å². The predicted molar refractivity (Wildman–Crippen MR) is 89.8 cm³/mol. The van der Waals surface area contributed by atoms with Crippen LogP contribution in [0.3, 0.4) is 0 Å². The molecule has 2 aromatic rings. The topological polar surface area (TPSA) is 82.1 Å². The van der Waals surface area contributed by atoms with Crippen molar-refractivity contribution in [2.75, 3.05) is 14.2 Å². The number of Topliss-reactive ketones (excluding diaryl/α,β-unsaturated/α-hetero) is 1. The van der Waals surface area contributed by atoms with Gasteiger partial charge < -0.3 is 19.3 Å². The van der Waals surface area contributed by atoms with Crippen LogP contribution in [0.2, 0.25) is 0 Å². The summed E-state index contributed by atoms with van der Waals surface area (Å²) in [6.07, 6.45) is 0.0323. The molecule has 1 atom stereocenters. The van der Waals surface area contributed by atoms with Gasteiger partial charge in [-0.15, -0.1) is 0 Å². The molecule has 2 aromatic carbocycles. The van der Waals surface area contributed by atoms with Gasteiger partial charge in [0.1, 0.15) is 23.0 Å². The number of rotatable bonds is 4. The van der Waals surface area contributed by atoms with Gasteiger partial charge in [-0.25, -0.2) is 0 Å². The molecule has 1 aliphatic heterocycles. The van der Waals surface area contributed by atoms with Gasteiger partial charge in [0, 0.05) is 23.1 Å². The normalized spacial score (nSPS) is 16.0. The van der Waals surface area contributed by atoms with E-state index in [4.69, 9.17) is 14.2 Å². The molecule has 25 heavy (non-hydrogen) atoms. The fourth-order valence-corrected chi connectivity index (χ4v) is 3.10. The van der Waals surface area contributed by atoms with E-state index in [-0.39, 0.29) is 29.3 Å². The number of ether oxygens (including phenoxy) is 3. The summed E-state index contributed by atoms with van der Waals surface area (Å²) in [5.74, 6) is 0.0555. The molecule has 0 aromatic heterocycles. The van der Waals surface area contributed by atoms with E-state index in [1.807, 2.05) is 0 Å². The summed E-state index contributed by atoms with van der Waals surface area (Å²) in [5.41, 5.74) is 1.31. The van der Waals surface area contributed by atoms with Crippen molar-refractivity contribution in [3.8, 4) is 23.0 Å². The van der Waals surface area contributed by atoms with Crippen molar-refractivity contribution >= 4 is 11.8 Å². The Bertz CT molecular complexity index is 855. The van der Waals surface area contributed by atoms with E-state index in [1.54, 1.807) is 25.3 Å². The van der Waals surface area contributed by atoms with Crippen molar-refractivity contribution in [2.45, 2.75) is 19.3 Å². The van der Waals surface area contributed by atoms with Crippen molar-refractivity contribution in [3.05, 3.63) is 47.0 Å². The monoisotopic (exact) mass is 342 g/mol. The first-order valence-electron chi connectivity index (χ1n) is 7.75. The maximum atomic E-state index is 12.0. The number of hydrogen-bond donors (Lipinski definition) is 1. The van der Waals surface area contributed by atoms with Gasteiger partial charge >= 0.3 is 5.97 Å². The van der Waals surface area contributed by atoms with Gasteiger partial charge in [-0.05, 0) is 25.1 Å². The summed E-state index contributed by atoms with van der Waals surface area (Å²) in [6.45, 7) is 1.37. The van der Waals surface area contributed by atoms with E-state index in [0.717, 1.165) is 0 Å². The van der Waals surface area contributed by atoms with E-state index >= 15 is 0 Å². The van der Waals surface area contributed by atoms with Crippen molar-refractivity contribution in [1.29, 1.82) is 0 Å². The summed E-state index contributed by atoms with van der Waals surface area (Å²) >= 11 is 0. The van der Waals surface area contributed by atoms with Crippen LogP contribution in [-0.4, -0.2) is 31.1 Å². The second-order valence-corrected chi connectivity index (χ2v) is 5.77. The molecule has 6 nitrogen and oxygen atoms in total. The highest BCUT2D eigenvalue weighted by atomic mass is 16.5. The zero-order valence-electron chi connectivity index (χ0n) is 14.2. The predicted octanol–water partition coefficient (Wildman–Crippen LogP) is 3.05. The SMILES string of the molecule is COc1ccc([C@@H]2CC(=O)Oc3ccc(C(C)=O)c(O)c32)c(OC)c1. The van der Waals surface area contributed by atoms with E-state index in [0.29, 0.717) is 22.6 Å². The lowest BCUT2D eigenvalue weighted by Crippen LogP contribution is -2.22. The van der Waals surface area contributed by atoms with E-state index in [9.17, 15) is 14.7 Å². The smallest absolute Gasteiger partial charge is 0.312 e. The molecule has 1 aliphatic rings. The minimum absolute atomic E-state index is 0.0323. The van der Waals surface area contributed by atoms with Crippen LogP contribution in [0, 0.1) is 0 Å². The van der Waals surface area contributed by atoms with Gasteiger partial charge in [-0.2, -0.15) is 0 Å². The van der Waals surface area contributed by atoms with Gasteiger partial charge in [0.15, 0.2) is 5.78 Å². The Morgan fingerprint density at radius 3 is 2.60 bits per heavy atom. The third-order valence-corrected chi connectivity index (χ3v) is 4.32. The molecule has 130 valence electrons. The molecule has 0 saturated carbocycles. The van der Waals surface area contributed by atoms with Crippen LogP contribution in [0.15, 0.2) is 30.3 Å². The lowest BCUT2D eigenvalue weighted by atomic mass is 9.84. The van der Waals surface area contributed by atoms with Gasteiger partial charge in [0.25, 0.3) is 0 Å². The number of aromatic hydroxyl groups is 1. The standard InChI is InChI=1S/C19H18O6/c1-10(20)12-6-7-15-18(19(12)22)14(9-17(21)25-15)13-5-4-11(23-2)8-16(13)24-3/h4-8,14,22H,9H2,1-3H3/t14-/m0/s1. The van der Waals surface area contributed by atoms with Gasteiger partial charge in [0.05, 0.1) is 26.2 Å². The van der Waals surface area contributed by atoms with Crippen molar-refractivity contribution in [1.82, 2.24) is 0 Å². The maximum Gasteiger partial charge on any atom is 0.312 e. The number of ketones is 1. The minimum atomic E-state index is -0.489. The van der Waals surface area contributed by atoms with Gasteiger partial charge in [0.2, 0.25) is 0 Å². The summed E-state index contributed by atoms with van der Waals surface area (Å²) in [5, 5.41) is 10.6. The molecule has 0 aliphatic carbocycles. The zero-order chi connectivity index (χ0) is 18.1. The first kappa shape index (κ1) is 16.8. The van der Waals surface area contributed by atoms with Crippen LogP contribution in [-0.2, 0) is 4.79 Å². The number of phenolic OH excluding ortho intramolecular Hbond substituents is 1. The number of carbonyl (C=O) groups excluding carboxylic acids is 2. The van der Waals surface area contributed by atoms with Crippen LogP contribution in [0.1, 0.15) is 40.7 Å². The number of hydrogen-bond acceptors (Lipinski definition) is 6. The highest BCUT2D eigenvalue weighted by Gasteiger charge is 2.34. The van der Waals surface area contributed by atoms with Crippen LogP contribution < -0.4 is 14.2 Å². The number of phenols is 1. The number of methoxy groups -OCH3 is 2. The quantitative estimate of drug-likeness (QED) is 0.522. The van der Waals surface area contributed by atoms with Crippen LogP contribution in [0.25, 0.3) is 0 Å². The molecule has 1 N–H and O–H groups in total. The summed E-state index contributed by atoms with van der Waals surface area (Å²) < 4.78 is 15.9. The number of benzene rings is 2. The Morgan fingerprint density at radius 2 is 1.96 bits per heavy atom. The molecular formula is C19H18O6. The maximum absolute atomic E-state index is 12.0. The fraction of sp³-hybridized carbons (Fsp3) is 0.263. The number of carbonyl (C=O) groups is 2. The lowest BCUT2D eigenvalue weighted by molar-refractivity contribution is -0.135. The van der Waals surface area contributed by atoms with E-state index < -0.39 is 11.9 Å². The average molecular weight is 342 g/mol. The highest BCUT2D eigenvalue weighted by molar-refractivity contribution is 5.98. The second kappa shape index (κ2) is 6.47. The Labute approximate surface area is 144 Å². The fourth-order valence-electron chi connectivity index (χ4n) is 3.10. The molecule has 1 heterocycles. The Balaban J connectivity index is 2.21. The van der Waals surface area contributed by atoms with Crippen LogP contribution in [0.5, 0.6) is 23.0 Å². The van der Waals surface area contributed by atoms with Crippen molar-refractivity contribution in [2.24, 2.45) is 0 Å². The minimum Gasteiger partial charge on any atom is -0.507 e. The molecule has 0 fully saturated rings. The molecule has 0 spiro atoms. The first-order valence-corrected chi connectivity index (χ1v) is 7.75. The molecule has 0 bridgehead atoms. The Hall–Kier alpha value is -3.02. The molecule has 0 saturated heterocycles. The molecule has 3 rings (SSSR count). The van der Waals surface area contributed by atoms with E-state index in [2.05, 4.69) is 0 Å². The summed E-state index contributed by atoms with van der Waals surface area (Å²) in [4.78, 5) is 23.8. The van der Waals surface area contributed by atoms with E-state index in [1.165, 1.54) is 26.2 Å². The molecule has 0 amide bonds. The molecular weight excluding hydrogens is 324 g/mol. The first-order chi connectivity index (χ1) is 12.0. The van der Waals surface area contributed by atoms with Gasteiger partial charge in [-0.3, -0.25) is 9.59 Å². The number of fused-ring (bicyclic) bond motifs is 1. The summed E-state index contributed by atoms with van der Waals surface area (Å²) in [7, 11) is 3.07. The van der Waals surface area contributed by atoms with Crippen molar-refractivity contribution in [3.63, 3.8) is 0 Å². The van der Waals surface area contributed by atoms with Crippen LogP contribution in [0.4, 0.5) is 0 Å². The zero-order valence-corrected chi connectivity index (χ0v) is 14.2. The molecule has 0 unspecified atom stereocenters. The van der Waals surface area contributed by atoms with Gasteiger partial charge in [-0.1, -0.05) is 6.07 Å². The Morgan fingerprint density at radius 1 is 1.20 bits per heavy atom. The summed E-state index contributed by atoms with van der Waals surface area (Å²) in [6, 6.07) is 8.23. The molecule has 0 radical (unpaired) electrons. The number of esters is 1. The molecule has 6 heteroatoms. The average Bonchev–Trinajstić information content (AvgIpc) is 2.60. The highest BCUT2D eigenvalue weighted by Crippen LogP contribution is 2.47. The largest absolute Gasteiger partial charge is 0.507 e. The van der Waals surface area contributed by atoms with Crippen LogP contribution >= 0.6 is 0 Å². The Kier molecular flexibility index (Phi) is 4.35. The third kappa shape index (κ3) is 2.91. The lowest BCUT2D eigenvalue weighted by Gasteiger charge is -2.27. The second-order valence-electron chi connectivity index (χ2n) is 5.77.